The molecule has 1 spiro atoms. The number of piperidine rings is 1. The van der Waals surface area contributed by atoms with Gasteiger partial charge in [0.25, 0.3) is 5.91 Å². The zero-order valence-electron chi connectivity index (χ0n) is 17.7. The molecular weight excluding hydrogens is 402 g/mol. The van der Waals surface area contributed by atoms with Gasteiger partial charge in [-0.1, -0.05) is 36.4 Å². The number of pyridine rings is 1. The van der Waals surface area contributed by atoms with Gasteiger partial charge in [-0.15, -0.1) is 0 Å². The average Bonchev–Trinajstić information content (AvgIpc) is 2.84. The van der Waals surface area contributed by atoms with Crippen molar-refractivity contribution in [1.82, 2.24) is 9.88 Å². The number of nitrogens with one attached hydrogen (secondary N) is 2. The second-order valence-electron chi connectivity index (χ2n) is 8.26. The quantitative estimate of drug-likeness (QED) is 0.660. The smallest absolute Gasteiger partial charge is 0.321 e. The third-order valence-electron chi connectivity index (χ3n) is 6.22. The van der Waals surface area contributed by atoms with Crippen LogP contribution in [0.15, 0.2) is 79.1 Å². The molecule has 0 unspecified atom stereocenters. The molecule has 2 aromatic carbocycles. The summed E-state index contributed by atoms with van der Waals surface area (Å²) in [5.74, 6) is 0.0446. The molecule has 2 N–H and O–H groups in total. The van der Waals surface area contributed by atoms with E-state index in [4.69, 9.17) is 0 Å². The fourth-order valence-corrected chi connectivity index (χ4v) is 4.48. The molecular formula is C25H25N5O2. The van der Waals surface area contributed by atoms with Crippen LogP contribution in [0, 0.1) is 0 Å². The first kappa shape index (κ1) is 20.1. The molecule has 3 aromatic rings. The molecule has 1 saturated heterocycles. The van der Waals surface area contributed by atoms with E-state index >= 15 is 0 Å². The molecule has 32 heavy (non-hydrogen) atoms. The standard InChI is InChI=1S/C25H25N5O2/c31-23-25(12-15-29(16-13-25)24(32)27-20-8-2-1-3-9-20)28-21-10-4-5-11-22(21)30(23)18-19-7-6-14-26-17-19/h1-11,14,17,28H,12-13,15-16,18H2,(H,27,32). The molecule has 0 radical (unpaired) electrons. The maximum absolute atomic E-state index is 13.8. The Kier molecular flexibility index (Phi) is 5.23. The number of urea groups is 1. The van der Waals surface area contributed by atoms with Gasteiger partial charge in [0.2, 0.25) is 0 Å². The molecule has 7 nitrogen and oxygen atoms in total. The number of fused-ring (bicyclic) bond motifs is 1. The molecule has 5 rings (SSSR count). The maximum Gasteiger partial charge on any atom is 0.321 e. The van der Waals surface area contributed by atoms with Crippen LogP contribution in [0.3, 0.4) is 0 Å². The number of hydrogen-bond donors (Lipinski definition) is 2. The van der Waals surface area contributed by atoms with Gasteiger partial charge in [-0.3, -0.25) is 9.78 Å². The Morgan fingerprint density at radius 2 is 1.75 bits per heavy atom. The van der Waals surface area contributed by atoms with Gasteiger partial charge >= 0.3 is 6.03 Å². The van der Waals surface area contributed by atoms with Crippen molar-refractivity contribution in [2.75, 3.05) is 28.6 Å². The monoisotopic (exact) mass is 427 g/mol. The van der Waals surface area contributed by atoms with Gasteiger partial charge in [0.1, 0.15) is 5.54 Å². The lowest BCUT2D eigenvalue weighted by Gasteiger charge is -2.47. The van der Waals surface area contributed by atoms with Crippen molar-refractivity contribution in [2.24, 2.45) is 0 Å². The van der Waals surface area contributed by atoms with Gasteiger partial charge in [-0.25, -0.2) is 4.79 Å². The SMILES string of the molecule is O=C(Nc1ccccc1)N1CCC2(CC1)Nc1ccccc1N(Cc1cccnc1)C2=O. The largest absolute Gasteiger partial charge is 0.369 e. The molecule has 1 aromatic heterocycles. The fraction of sp³-hybridized carbons (Fsp3) is 0.240. The summed E-state index contributed by atoms with van der Waals surface area (Å²) in [5.41, 5.74) is 2.84. The number of likely N-dealkylation sites (tertiary alicyclic amines) is 1. The van der Waals surface area contributed by atoms with Crippen molar-refractivity contribution < 1.29 is 9.59 Å². The summed E-state index contributed by atoms with van der Waals surface area (Å²) in [4.78, 5) is 34.3. The summed E-state index contributed by atoms with van der Waals surface area (Å²) in [6, 6.07) is 21.0. The molecule has 3 heterocycles. The zero-order chi connectivity index (χ0) is 22.0. The Labute approximate surface area is 187 Å². The van der Waals surface area contributed by atoms with Crippen LogP contribution in [0.5, 0.6) is 0 Å². The number of para-hydroxylation sites is 3. The number of aromatic nitrogens is 1. The van der Waals surface area contributed by atoms with E-state index in [9.17, 15) is 9.59 Å². The van der Waals surface area contributed by atoms with Gasteiger partial charge in [-0.2, -0.15) is 0 Å². The number of nitrogens with zero attached hydrogens (tertiary/aromatic N) is 3. The van der Waals surface area contributed by atoms with E-state index in [2.05, 4.69) is 15.6 Å². The van der Waals surface area contributed by atoms with Crippen molar-refractivity contribution in [2.45, 2.75) is 24.9 Å². The average molecular weight is 428 g/mol. The minimum absolute atomic E-state index is 0.0446. The normalized spacial score (nSPS) is 16.9. The van der Waals surface area contributed by atoms with E-state index in [-0.39, 0.29) is 11.9 Å². The lowest BCUT2D eigenvalue weighted by atomic mass is 9.83. The molecule has 7 heteroatoms. The van der Waals surface area contributed by atoms with Crippen LogP contribution in [0.4, 0.5) is 21.9 Å². The van der Waals surface area contributed by atoms with Crippen LogP contribution in [-0.2, 0) is 11.3 Å². The number of hydrogen-bond acceptors (Lipinski definition) is 4. The molecule has 3 amide bonds. The summed E-state index contributed by atoms with van der Waals surface area (Å²) in [7, 11) is 0. The predicted molar refractivity (Wildman–Crippen MR) is 124 cm³/mol. The molecule has 0 aliphatic carbocycles. The van der Waals surface area contributed by atoms with Crippen molar-refractivity contribution >= 4 is 29.0 Å². The third-order valence-corrected chi connectivity index (χ3v) is 6.22. The number of benzene rings is 2. The van der Waals surface area contributed by atoms with Crippen LogP contribution in [-0.4, -0.2) is 40.5 Å². The van der Waals surface area contributed by atoms with E-state index in [0.717, 1.165) is 22.6 Å². The molecule has 0 saturated carbocycles. The Hall–Kier alpha value is -3.87. The number of anilines is 3. The molecule has 2 aliphatic heterocycles. The summed E-state index contributed by atoms with van der Waals surface area (Å²) in [5, 5.41) is 6.46. The number of carbonyl (C=O) groups is 2. The first-order valence-electron chi connectivity index (χ1n) is 10.8. The van der Waals surface area contributed by atoms with Gasteiger partial charge in [0.05, 0.1) is 17.9 Å². The molecule has 2 aliphatic rings. The highest BCUT2D eigenvalue weighted by atomic mass is 16.2. The number of rotatable bonds is 3. The highest BCUT2D eigenvalue weighted by molar-refractivity contribution is 6.08. The summed E-state index contributed by atoms with van der Waals surface area (Å²) < 4.78 is 0. The Bertz CT molecular complexity index is 1110. The molecule has 1 fully saturated rings. The van der Waals surface area contributed by atoms with Gasteiger partial charge < -0.3 is 20.4 Å². The lowest BCUT2D eigenvalue weighted by Crippen LogP contribution is -2.62. The summed E-state index contributed by atoms with van der Waals surface area (Å²) in [6.07, 6.45) is 4.62. The van der Waals surface area contributed by atoms with Crippen molar-refractivity contribution in [3.63, 3.8) is 0 Å². The van der Waals surface area contributed by atoms with Crippen molar-refractivity contribution in [3.05, 3.63) is 84.7 Å². The number of amides is 3. The van der Waals surface area contributed by atoms with Gasteiger partial charge in [0.15, 0.2) is 0 Å². The zero-order valence-corrected chi connectivity index (χ0v) is 17.7. The Balaban J connectivity index is 1.35. The minimum Gasteiger partial charge on any atom is -0.369 e. The predicted octanol–water partition coefficient (Wildman–Crippen LogP) is 4.11. The fourth-order valence-electron chi connectivity index (χ4n) is 4.48. The maximum atomic E-state index is 13.8. The van der Waals surface area contributed by atoms with Crippen LogP contribution >= 0.6 is 0 Å². The highest BCUT2D eigenvalue weighted by Gasteiger charge is 2.48. The van der Waals surface area contributed by atoms with Crippen LogP contribution in [0.2, 0.25) is 0 Å². The molecule has 162 valence electrons. The van der Waals surface area contributed by atoms with Crippen LogP contribution < -0.4 is 15.5 Å². The first-order chi connectivity index (χ1) is 15.6. The topological polar surface area (TPSA) is 77.6 Å². The second-order valence-corrected chi connectivity index (χ2v) is 8.26. The van der Waals surface area contributed by atoms with E-state index in [1.807, 2.05) is 71.6 Å². The lowest BCUT2D eigenvalue weighted by molar-refractivity contribution is -0.124. The van der Waals surface area contributed by atoms with Gasteiger partial charge in [0, 0.05) is 31.2 Å². The third kappa shape index (κ3) is 3.77. The van der Waals surface area contributed by atoms with Crippen LogP contribution in [0.25, 0.3) is 0 Å². The molecule has 0 bridgehead atoms. The molecule has 0 atom stereocenters. The number of carbonyl (C=O) groups excluding carboxylic acids is 2. The van der Waals surface area contributed by atoms with E-state index in [1.54, 1.807) is 17.3 Å². The van der Waals surface area contributed by atoms with E-state index in [1.165, 1.54) is 0 Å². The van der Waals surface area contributed by atoms with E-state index in [0.29, 0.717) is 32.5 Å². The summed E-state index contributed by atoms with van der Waals surface area (Å²) >= 11 is 0. The highest BCUT2D eigenvalue weighted by Crippen LogP contribution is 2.40. The van der Waals surface area contributed by atoms with Crippen molar-refractivity contribution in [3.8, 4) is 0 Å². The Morgan fingerprint density at radius 3 is 2.50 bits per heavy atom. The summed E-state index contributed by atoms with van der Waals surface area (Å²) in [6.45, 7) is 1.46. The van der Waals surface area contributed by atoms with Crippen molar-refractivity contribution in [1.29, 1.82) is 0 Å². The Morgan fingerprint density at radius 1 is 1.00 bits per heavy atom. The second kappa shape index (κ2) is 8.34. The minimum atomic E-state index is -0.722. The van der Waals surface area contributed by atoms with E-state index < -0.39 is 5.54 Å². The first-order valence-corrected chi connectivity index (χ1v) is 10.8. The van der Waals surface area contributed by atoms with Crippen LogP contribution in [0.1, 0.15) is 18.4 Å². The van der Waals surface area contributed by atoms with Gasteiger partial charge in [-0.05, 0) is 48.7 Å².